The Morgan fingerprint density at radius 1 is 1.27 bits per heavy atom. The lowest BCUT2D eigenvalue weighted by molar-refractivity contribution is 0.0368. The Kier molecular flexibility index (Phi) is 4.19. The number of aliphatic imine (C=N–C) groups is 1. The average Bonchev–Trinajstić information content (AvgIpc) is 2.96. The van der Waals surface area contributed by atoms with Crippen molar-refractivity contribution in [1.82, 2.24) is 4.90 Å². The second-order valence-electron chi connectivity index (χ2n) is 6.27. The summed E-state index contributed by atoms with van der Waals surface area (Å²) in [6, 6.07) is 5.89. The maximum atomic E-state index is 10.9. The van der Waals surface area contributed by atoms with Crippen molar-refractivity contribution in [2.45, 2.75) is 37.3 Å². The van der Waals surface area contributed by atoms with E-state index in [-0.39, 0.29) is 6.10 Å². The van der Waals surface area contributed by atoms with E-state index in [4.69, 9.17) is 9.47 Å². The van der Waals surface area contributed by atoms with Crippen LogP contribution in [0.25, 0.3) is 0 Å². The molecule has 0 atom stereocenters. The SMILES string of the molecule is COc1ccc(C2(N=C=O)CCCC2)cc1OC1CN(C)C1. The summed E-state index contributed by atoms with van der Waals surface area (Å²) in [7, 11) is 3.71. The highest BCUT2D eigenvalue weighted by molar-refractivity contribution is 5.47. The van der Waals surface area contributed by atoms with Crippen molar-refractivity contribution >= 4 is 6.08 Å². The predicted octanol–water partition coefficient (Wildman–Crippen LogP) is 2.49. The number of benzene rings is 1. The van der Waals surface area contributed by atoms with E-state index in [0.717, 1.165) is 55.8 Å². The van der Waals surface area contributed by atoms with Crippen LogP contribution in [0.3, 0.4) is 0 Å². The van der Waals surface area contributed by atoms with Gasteiger partial charge in [-0.15, -0.1) is 0 Å². The van der Waals surface area contributed by atoms with Crippen LogP contribution in [0.5, 0.6) is 11.5 Å². The minimum atomic E-state index is -0.428. The van der Waals surface area contributed by atoms with E-state index in [1.807, 2.05) is 18.2 Å². The predicted molar refractivity (Wildman–Crippen MR) is 83.2 cm³/mol. The highest BCUT2D eigenvalue weighted by Gasteiger charge is 2.36. The zero-order valence-electron chi connectivity index (χ0n) is 13.2. The number of methoxy groups -OCH3 is 1. The third-order valence-electron chi connectivity index (χ3n) is 4.72. The summed E-state index contributed by atoms with van der Waals surface area (Å²) in [5, 5.41) is 0. The van der Waals surface area contributed by atoms with Crippen LogP contribution in [0.15, 0.2) is 23.2 Å². The van der Waals surface area contributed by atoms with E-state index in [2.05, 4.69) is 16.9 Å². The number of hydrogen-bond donors (Lipinski definition) is 0. The molecule has 22 heavy (non-hydrogen) atoms. The van der Waals surface area contributed by atoms with Crippen molar-refractivity contribution in [2.75, 3.05) is 27.2 Å². The van der Waals surface area contributed by atoms with Crippen molar-refractivity contribution in [1.29, 1.82) is 0 Å². The van der Waals surface area contributed by atoms with Crippen molar-refractivity contribution in [2.24, 2.45) is 4.99 Å². The van der Waals surface area contributed by atoms with Gasteiger partial charge in [0.1, 0.15) is 6.10 Å². The monoisotopic (exact) mass is 302 g/mol. The number of rotatable bonds is 5. The Bertz CT molecular complexity index is 584. The number of carbonyl (C=O) groups excluding carboxylic acids is 1. The molecule has 0 aromatic heterocycles. The molecule has 1 aliphatic carbocycles. The summed E-state index contributed by atoms with van der Waals surface area (Å²) in [4.78, 5) is 17.2. The number of likely N-dealkylation sites (N-methyl/N-ethyl adjacent to an activating group) is 1. The maximum absolute atomic E-state index is 10.9. The Morgan fingerprint density at radius 2 is 2.00 bits per heavy atom. The van der Waals surface area contributed by atoms with Gasteiger partial charge in [-0.2, -0.15) is 4.99 Å². The molecule has 5 nitrogen and oxygen atoms in total. The third kappa shape index (κ3) is 2.74. The quantitative estimate of drug-likeness (QED) is 0.619. The fourth-order valence-corrected chi connectivity index (χ4v) is 3.47. The molecule has 1 saturated heterocycles. The molecule has 1 aliphatic heterocycles. The Balaban J connectivity index is 1.90. The molecule has 2 fully saturated rings. The van der Waals surface area contributed by atoms with E-state index >= 15 is 0 Å². The second kappa shape index (κ2) is 6.11. The van der Waals surface area contributed by atoms with Gasteiger partial charge in [-0.05, 0) is 37.6 Å². The average molecular weight is 302 g/mol. The lowest BCUT2D eigenvalue weighted by atomic mass is 9.88. The second-order valence-corrected chi connectivity index (χ2v) is 6.27. The smallest absolute Gasteiger partial charge is 0.235 e. The van der Waals surface area contributed by atoms with Gasteiger partial charge < -0.3 is 9.47 Å². The molecule has 1 heterocycles. The van der Waals surface area contributed by atoms with E-state index in [9.17, 15) is 4.79 Å². The third-order valence-corrected chi connectivity index (χ3v) is 4.72. The molecule has 118 valence electrons. The molecule has 0 bridgehead atoms. The van der Waals surface area contributed by atoms with Crippen LogP contribution in [0, 0.1) is 0 Å². The van der Waals surface area contributed by atoms with Gasteiger partial charge in [0.2, 0.25) is 6.08 Å². The molecule has 3 rings (SSSR count). The molecule has 2 aliphatic rings. The van der Waals surface area contributed by atoms with E-state index in [0.29, 0.717) is 0 Å². The van der Waals surface area contributed by atoms with Crippen LogP contribution in [0.2, 0.25) is 0 Å². The minimum Gasteiger partial charge on any atom is -0.493 e. The van der Waals surface area contributed by atoms with E-state index < -0.39 is 5.54 Å². The number of hydrogen-bond acceptors (Lipinski definition) is 5. The summed E-state index contributed by atoms with van der Waals surface area (Å²) in [6.45, 7) is 1.84. The largest absolute Gasteiger partial charge is 0.493 e. The summed E-state index contributed by atoms with van der Waals surface area (Å²) in [5.41, 5.74) is 0.597. The van der Waals surface area contributed by atoms with E-state index in [1.54, 1.807) is 13.2 Å². The number of ether oxygens (including phenoxy) is 2. The standard InChI is InChI=1S/C17H22N2O3/c1-19-10-14(11-19)22-16-9-13(5-6-15(16)21-2)17(18-12-20)7-3-4-8-17/h5-6,9,14H,3-4,7-8,10-11H2,1-2H3. The zero-order valence-corrected chi connectivity index (χ0v) is 13.2. The Labute approximate surface area is 130 Å². The van der Waals surface area contributed by atoms with Gasteiger partial charge in [0.25, 0.3) is 0 Å². The fraction of sp³-hybridized carbons (Fsp3) is 0.588. The molecule has 0 amide bonds. The first-order valence-electron chi connectivity index (χ1n) is 7.79. The Hall–Kier alpha value is -1.84. The van der Waals surface area contributed by atoms with Crippen LogP contribution >= 0.6 is 0 Å². The van der Waals surface area contributed by atoms with Crippen molar-refractivity contribution in [3.05, 3.63) is 23.8 Å². The highest BCUT2D eigenvalue weighted by Crippen LogP contribution is 2.44. The van der Waals surface area contributed by atoms with Crippen molar-refractivity contribution in [3.8, 4) is 11.5 Å². The Morgan fingerprint density at radius 3 is 2.59 bits per heavy atom. The van der Waals surface area contributed by atoms with Crippen LogP contribution in [0.4, 0.5) is 0 Å². The summed E-state index contributed by atoms with van der Waals surface area (Å²) < 4.78 is 11.5. The first-order chi connectivity index (χ1) is 10.7. The topological polar surface area (TPSA) is 51.1 Å². The lowest BCUT2D eigenvalue weighted by Crippen LogP contribution is -2.51. The fourth-order valence-electron chi connectivity index (χ4n) is 3.47. The molecule has 1 aromatic carbocycles. The van der Waals surface area contributed by atoms with Crippen molar-refractivity contribution in [3.63, 3.8) is 0 Å². The molecule has 5 heteroatoms. The summed E-state index contributed by atoms with van der Waals surface area (Å²) in [5.74, 6) is 1.46. The van der Waals surface area contributed by atoms with Gasteiger partial charge in [0.15, 0.2) is 11.5 Å². The molecular formula is C17H22N2O3. The normalized spacial score (nSPS) is 21.0. The molecule has 1 saturated carbocycles. The molecule has 0 spiro atoms. The zero-order chi connectivity index (χ0) is 15.6. The maximum Gasteiger partial charge on any atom is 0.235 e. The lowest BCUT2D eigenvalue weighted by Gasteiger charge is -2.36. The number of isocyanates is 1. The van der Waals surface area contributed by atoms with Gasteiger partial charge in [0.05, 0.1) is 12.6 Å². The van der Waals surface area contributed by atoms with Crippen LogP contribution in [0.1, 0.15) is 31.2 Å². The molecule has 0 N–H and O–H groups in total. The van der Waals surface area contributed by atoms with Crippen LogP contribution in [-0.2, 0) is 10.3 Å². The van der Waals surface area contributed by atoms with Gasteiger partial charge in [-0.1, -0.05) is 18.9 Å². The van der Waals surface area contributed by atoms with Gasteiger partial charge in [-0.3, -0.25) is 4.90 Å². The van der Waals surface area contributed by atoms with Crippen LogP contribution in [-0.4, -0.2) is 44.3 Å². The van der Waals surface area contributed by atoms with Gasteiger partial charge in [0, 0.05) is 13.1 Å². The number of likely N-dealkylation sites (tertiary alicyclic amines) is 1. The summed E-state index contributed by atoms with van der Waals surface area (Å²) in [6.07, 6.45) is 5.91. The first kappa shape index (κ1) is 15.1. The first-order valence-corrected chi connectivity index (χ1v) is 7.79. The minimum absolute atomic E-state index is 0.197. The van der Waals surface area contributed by atoms with E-state index in [1.165, 1.54) is 0 Å². The highest BCUT2D eigenvalue weighted by atomic mass is 16.5. The van der Waals surface area contributed by atoms with Crippen molar-refractivity contribution < 1.29 is 14.3 Å². The summed E-state index contributed by atoms with van der Waals surface area (Å²) >= 11 is 0. The molecule has 0 radical (unpaired) electrons. The van der Waals surface area contributed by atoms with Crippen LogP contribution < -0.4 is 9.47 Å². The number of nitrogens with zero attached hydrogens (tertiary/aromatic N) is 2. The molecule has 1 aromatic rings. The van der Waals surface area contributed by atoms with Gasteiger partial charge in [-0.25, -0.2) is 4.79 Å². The molecular weight excluding hydrogens is 280 g/mol. The molecule has 0 unspecified atom stereocenters. The van der Waals surface area contributed by atoms with Gasteiger partial charge >= 0.3 is 0 Å².